The number of hydrogen-bond acceptors (Lipinski definition) is 1. The molecule has 0 aliphatic carbocycles. The number of carbonyl (C=O) groups is 1. The fourth-order valence-corrected chi connectivity index (χ4v) is 1.07. The first-order chi connectivity index (χ1) is 6.34. The van der Waals surface area contributed by atoms with E-state index in [1.54, 1.807) is 0 Å². The molecule has 0 unspecified atom stereocenters. The van der Waals surface area contributed by atoms with Crippen molar-refractivity contribution in [2.75, 3.05) is 6.54 Å². The summed E-state index contributed by atoms with van der Waals surface area (Å²) < 4.78 is 0. The van der Waals surface area contributed by atoms with Crippen LogP contribution in [0.5, 0.6) is 0 Å². The first-order valence-corrected chi connectivity index (χ1v) is 4.68. The third-order valence-electron chi connectivity index (χ3n) is 1.85. The molecule has 0 bridgehead atoms. The largest absolute Gasteiger partial charge is 1.00 e. The molecule has 0 aromatic heterocycles. The summed E-state index contributed by atoms with van der Waals surface area (Å²) in [5, 5.41) is 2.86. The van der Waals surface area contributed by atoms with Crippen molar-refractivity contribution in [1.29, 1.82) is 0 Å². The van der Waals surface area contributed by atoms with E-state index in [2.05, 4.69) is 12.2 Å². The van der Waals surface area contributed by atoms with Crippen LogP contribution in [0.4, 0.5) is 0 Å². The number of benzene rings is 1. The average molecular weight is 185 g/mol. The molecule has 14 heavy (non-hydrogen) atoms. The number of amides is 1. The molecule has 0 spiro atoms. The van der Waals surface area contributed by atoms with Crippen molar-refractivity contribution in [3.8, 4) is 0 Å². The minimum absolute atomic E-state index is 0. The van der Waals surface area contributed by atoms with Crippen molar-refractivity contribution in [2.45, 2.75) is 19.8 Å². The molecule has 0 saturated carbocycles. The van der Waals surface area contributed by atoms with Crippen LogP contribution in [0.25, 0.3) is 0 Å². The normalized spacial score (nSPS) is 8.93. The number of nitrogens with one attached hydrogen (secondary N) is 1. The van der Waals surface area contributed by atoms with Crippen LogP contribution >= 0.6 is 0 Å². The molecular formula is C11H16LiNO. The van der Waals surface area contributed by atoms with Crippen LogP contribution in [-0.2, 0) is 0 Å². The Labute approximate surface area is 98.7 Å². The zero-order valence-corrected chi connectivity index (χ0v) is 8.92. The van der Waals surface area contributed by atoms with E-state index in [9.17, 15) is 4.79 Å². The molecule has 0 atom stereocenters. The maximum Gasteiger partial charge on any atom is 1.00 e. The van der Waals surface area contributed by atoms with Crippen LogP contribution in [0.1, 0.15) is 31.6 Å². The maximum atomic E-state index is 11.4. The van der Waals surface area contributed by atoms with E-state index >= 15 is 0 Å². The Morgan fingerprint density at radius 2 is 2.00 bits per heavy atom. The van der Waals surface area contributed by atoms with Crippen LogP contribution in [0.2, 0.25) is 0 Å². The van der Waals surface area contributed by atoms with Gasteiger partial charge in [-0.15, -0.1) is 0 Å². The molecule has 0 aliphatic rings. The molecule has 1 rings (SSSR count). The Kier molecular flexibility index (Phi) is 7.28. The molecule has 0 radical (unpaired) electrons. The molecule has 72 valence electrons. The molecule has 2 nitrogen and oxygen atoms in total. The van der Waals surface area contributed by atoms with Gasteiger partial charge in [-0.1, -0.05) is 31.5 Å². The molecular weight excluding hydrogens is 169 g/mol. The monoisotopic (exact) mass is 185 g/mol. The Bertz CT molecular complexity index is 267. The van der Waals surface area contributed by atoms with E-state index in [0.717, 1.165) is 24.9 Å². The second-order valence-electron chi connectivity index (χ2n) is 2.98. The van der Waals surface area contributed by atoms with Gasteiger partial charge in [-0.05, 0) is 18.6 Å². The van der Waals surface area contributed by atoms with E-state index in [-0.39, 0.29) is 26.2 Å². The molecule has 3 heteroatoms. The second kappa shape index (κ2) is 7.67. The molecule has 1 aromatic rings. The van der Waals surface area contributed by atoms with Crippen molar-refractivity contribution < 1.29 is 25.1 Å². The quantitative estimate of drug-likeness (QED) is 0.489. The zero-order chi connectivity index (χ0) is 9.52. The summed E-state index contributed by atoms with van der Waals surface area (Å²) in [5.74, 6) is 0.0223. The topological polar surface area (TPSA) is 29.1 Å². The van der Waals surface area contributed by atoms with E-state index in [0.29, 0.717) is 0 Å². The van der Waals surface area contributed by atoms with Gasteiger partial charge in [-0.2, -0.15) is 0 Å². The molecule has 1 N–H and O–H groups in total. The van der Waals surface area contributed by atoms with Gasteiger partial charge in [0.25, 0.3) is 5.91 Å². The van der Waals surface area contributed by atoms with E-state index in [1.165, 1.54) is 0 Å². The van der Waals surface area contributed by atoms with Crippen LogP contribution in [0.3, 0.4) is 0 Å². The third-order valence-corrected chi connectivity index (χ3v) is 1.85. The smallest absolute Gasteiger partial charge is 1.00 e. The number of unbranched alkanes of at least 4 members (excludes halogenated alkanes) is 1. The summed E-state index contributed by atoms with van der Waals surface area (Å²) in [7, 11) is 0. The van der Waals surface area contributed by atoms with Gasteiger partial charge in [0.1, 0.15) is 0 Å². The summed E-state index contributed by atoms with van der Waals surface area (Å²) >= 11 is 0. The zero-order valence-electron chi connectivity index (χ0n) is 9.92. The molecule has 0 fully saturated rings. The molecule has 0 aliphatic heterocycles. The molecule has 1 aromatic carbocycles. The minimum atomic E-state index is 0. The van der Waals surface area contributed by atoms with Gasteiger partial charge in [0.2, 0.25) is 0 Å². The summed E-state index contributed by atoms with van der Waals surface area (Å²) in [5.41, 5.74) is 0.735. The van der Waals surface area contributed by atoms with E-state index in [1.807, 2.05) is 30.3 Å². The van der Waals surface area contributed by atoms with Gasteiger partial charge < -0.3 is 6.74 Å². The summed E-state index contributed by atoms with van der Waals surface area (Å²) in [6.07, 6.45) is 2.15. The predicted molar refractivity (Wildman–Crippen MR) is 54.8 cm³/mol. The van der Waals surface area contributed by atoms with Crippen LogP contribution < -0.4 is 24.2 Å². The van der Waals surface area contributed by atoms with E-state index < -0.39 is 0 Å². The van der Waals surface area contributed by atoms with Gasteiger partial charge in [0.15, 0.2) is 0 Å². The number of hydrogen-bond donors (Lipinski definition) is 1. The first-order valence-electron chi connectivity index (χ1n) is 4.68. The van der Waals surface area contributed by atoms with Gasteiger partial charge in [-0.25, -0.2) is 0 Å². The van der Waals surface area contributed by atoms with Crippen LogP contribution in [-0.4, -0.2) is 12.5 Å². The van der Waals surface area contributed by atoms with Gasteiger partial charge in [0.05, 0.1) is 0 Å². The predicted octanol–water partition coefficient (Wildman–Crippen LogP) is -0.667. The van der Waals surface area contributed by atoms with Crippen molar-refractivity contribution in [3.05, 3.63) is 35.9 Å². The van der Waals surface area contributed by atoms with Crippen molar-refractivity contribution in [1.82, 2.24) is 5.32 Å². The Hall–Kier alpha value is -0.713. The summed E-state index contributed by atoms with van der Waals surface area (Å²) in [6, 6.07) is 9.29. The summed E-state index contributed by atoms with van der Waals surface area (Å²) in [4.78, 5) is 11.4. The van der Waals surface area contributed by atoms with Crippen molar-refractivity contribution >= 4 is 5.91 Å². The molecule has 1 amide bonds. The fourth-order valence-electron chi connectivity index (χ4n) is 1.07. The van der Waals surface area contributed by atoms with Crippen LogP contribution in [0.15, 0.2) is 30.3 Å². The van der Waals surface area contributed by atoms with Crippen molar-refractivity contribution in [3.63, 3.8) is 0 Å². The number of rotatable bonds is 4. The van der Waals surface area contributed by atoms with Gasteiger partial charge in [0, 0.05) is 12.1 Å². The van der Waals surface area contributed by atoms with E-state index in [4.69, 9.17) is 0 Å². The third kappa shape index (κ3) is 4.50. The molecule has 0 saturated heterocycles. The Morgan fingerprint density at radius 3 is 2.57 bits per heavy atom. The Morgan fingerprint density at radius 1 is 1.36 bits per heavy atom. The second-order valence-corrected chi connectivity index (χ2v) is 2.98. The number of carbonyl (C=O) groups excluding carboxylic acids is 1. The fraction of sp³-hybridized carbons (Fsp3) is 0.364. The minimum Gasteiger partial charge on any atom is -1.00 e. The SMILES string of the molecule is CCCCNC(=O)c1ccccc1.[H-].[Li+]. The standard InChI is InChI=1S/C11H15NO.Li.H/c1-2-3-9-12-11(13)10-7-5-4-6-8-10;;/h4-8H,2-3,9H2,1H3,(H,12,13);;/q;+1;-1. The van der Waals surface area contributed by atoms with Crippen molar-refractivity contribution in [2.24, 2.45) is 0 Å². The van der Waals surface area contributed by atoms with Gasteiger partial charge >= 0.3 is 18.9 Å². The molecule has 0 heterocycles. The Balaban J connectivity index is 0. The summed E-state index contributed by atoms with van der Waals surface area (Å²) in [6.45, 7) is 2.87. The average Bonchev–Trinajstić information content (AvgIpc) is 2.19. The maximum absolute atomic E-state index is 11.4. The van der Waals surface area contributed by atoms with Crippen LogP contribution in [0, 0.1) is 0 Å². The first kappa shape index (κ1) is 13.3. The van der Waals surface area contributed by atoms with Gasteiger partial charge in [-0.3, -0.25) is 4.79 Å².